The summed E-state index contributed by atoms with van der Waals surface area (Å²) >= 11 is 0. The molecule has 1 saturated carbocycles. The molecule has 5 heteroatoms. The molecule has 1 unspecified atom stereocenters. The Hall–Kier alpha value is -2.82. The number of hydrogen-bond donors (Lipinski definition) is 1. The summed E-state index contributed by atoms with van der Waals surface area (Å²) in [6, 6.07) is 14.7. The molecule has 0 aromatic heterocycles. The lowest BCUT2D eigenvalue weighted by Gasteiger charge is -2.26. The number of carbonyl (C=O) groups excluding carboxylic acids is 2. The molecule has 0 bridgehead atoms. The summed E-state index contributed by atoms with van der Waals surface area (Å²) in [5, 5.41) is 3.16. The van der Waals surface area contributed by atoms with Gasteiger partial charge in [0, 0.05) is 18.2 Å². The first kappa shape index (κ1) is 17.6. The van der Waals surface area contributed by atoms with Gasteiger partial charge in [0.2, 0.25) is 5.91 Å². The summed E-state index contributed by atoms with van der Waals surface area (Å²) in [5.41, 5.74) is 2.35. The first-order chi connectivity index (χ1) is 13.2. The Morgan fingerprint density at radius 1 is 1.15 bits per heavy atom. The summed E-state index contributed by atoms with van der Waals surface area (Å²) in [5.74, 6) is 0.562. The lowest BCUT2D eigenvalue weighted by atomic mass is 10.0. The second-order valence-electron chi connectivity index (χ2n) is 7.26. The molecule has 1 heterocycles. The Bertz CT molecular complexity index is 858. The van der Waals surface area contributed by atoms with E-state index in [0.717, 1.165) is 42.6 Å². The van der Waals surface area contributed by atoms with Crippen LogP contribution in [0.25, 0.3) is 0 Å². The maximum Gasteiger partial charge on any atom is 0.255 e. The van der Waals surface area contributed by atoms with E-state index in [1.54, 1.807) is 18.1 Å². The van der Waals surface area contributed by atoms with Gasteiger partial charge in [0.1, 0.15) is 11.8 Å². The number of fused-ring (bicyclic) bond motifs is 1. The number of hydrogen-bond acceptors (Lipinski definition) is 3. The molecule has 1 aliphatic heterocycles. The number of rotatable bonds is 5. The van der Waals surface area contributed by atoms with Crippen molar-refractivity contribution in [1.82, 2.24) is 10.2 Å². The number of amides is 2. The zero-order valence-electron chi connectivity index (χ0n) is 15.5. The molecule has 140 valence electrons. The quantitative estimate of drug-likeness (QED) is 0.884. The minimum atomic E-state index is -0.583. The highest BCUT2D eigenvalue weighted by molar-refractivity contribution is 6.04. The normalized spacial score (nSPS) is 19.2. The Morgan fingerprint density at radius 2 is 1.93 bits per heavy atom. The van der Waals surface area contributed by atoms with Crippen LogP contribution in [0.5, 0.6) is 5.75 Å². The topological polar surface area (TPSA) is 58.6 Å². The standard InChI is InChI=1S/C22H24N2O3/c1-27-17-10-6-7-15(13-17)14-24-20(21(25)23-16-8-2-3-9-16)18-11-4-5-12-19(18)22(24)26/h4-7,10-13,16,20H,2-3,8-9,14H2,1H3,(H,23,25). The van der Waals surface area contributed by atoms with E-state index in [9.17, 15) is 9.59 Å². The largest absolute Gasteiger partial charge is 0.497 e. The van der Waals surface area contributed by atoms with Crippen LogP contribution in [0.15, 0.2) is 48.5 Å². The highest BCUT2D eigenvalue weighted by Gasteiger charge is 2.41. The van der Waals surface area contributed by atoms with Crippen LogP contribution in [-0.4, -0.2) is 29.9 Å². The fourth-order valence-electron chi connectivity index (χ4n) is 4.13. The predicted molar refractivity (Wildman–Crippen MR) is 102 cm³/mol. The Balaban J connectivity index is 1.63. The van der Waals surface area contributed by atoms with Crippen molar-refractivity contribution < 1.29 is 14.3 Å². The van der Waals surface area contributed by atoms with Gasteiger partial charge in [-0.1, -0.05) is 43.2 Å². The molecule has 2 aromatic carbocycles. The molecular formula is C22H24N2O3. The molecule has 1 atom stereocenters. The van der Waals surface area contributed by atoms with Crippen molar-refractivity contribution in [1.29, 1.82) is 0 Å². The molecule has 4 rings (SSSR count). The maximum absolute atomic E-state index is 13.1. The zero-order chi connectivity index (χ0) is 18.8. The summed E-state index contributed by atoms with van der Waals surface area (Å²) in [6.45, 7) is 0.369. The molecule has 0 radical (unpaired) electrons. The summed E-state index contributed by atoms with van der Waals surface area (Å²) in [6.07, 6.45) is 4.34. The molecule has 0 spiro atoms. The van der Waals surface area contributed by atoms with Crippen LogP contribution >= 0.6 is 0 Å². The van der Waals surface area contributed by atoms with Crippen molar-refractivity contribution >= 4 is 11.8 Å². The van der Waals surface area contributed by atoms with Gasteiger partial charge in [0.15, 0.2) is 0 Å². The highest BCUT2D eigenvalue weighted by Crippen LogP contribution is 2.35. The average molecular weight is 364 g/mol. The van der Waals surface area contributed by atoms with E-state index in [0.29, 0.717) is 12.1 Å². The van der Waals surface area contributed by atoms with Crippen LogP contribution < -0.4 is 10.1 Å². The minimum Gasteiger partial charge on any atom is -0.497 e. The monoisotopic (exact) mass is 364 g/mol. The van der Waals surface area contributed by atoms with Gasteiger partial charge in [0.25, 0.3) is 5.91 Å². The highest BCUT2D eigenvalue weighted by atomic mass is 16.5. The molecule has 5 nitrogen and oxygen atoms in total. The van der Waals surface area contributed by atoms with Gasteiger partial charge in [-0.15, -0.1) is 0 Å². The van der Waals surface area contributed by atoms with E-state index in [2.05, 4.69) is 5.32 Å². The van der Waals surface area contributed by atoms with E-state index in [4.69, 9.17) is 4.74 Å². The van der Waals surface area contributed by atoms with Crippen LogP contribution in [0.4, 0.5) is 0 Å². The first-order valence-corrected chi connectivity index (χ1v) is 9.50. The number of carbonyl (C=O) groups is 2. The number of nitrogens with one attached hydrogen (secondary N) is 1. The summed E-state index contributed by atoms with van der Waals surface area (Å²) in [7, 11) is 1.62. The van der Waals surface area contributed by atoms with Gasteiger partial charge in [-0.25, -0.2) is 0 Å². The van der Waals surface area contributed by atoms with Crippen molar-refractivity contribution in [2.75, 3.05) is 7.11 Å². The molecular weight excluding hydrogens is 340 g/mol. The van der Waals surface area contributed by atoms with Gasteiger partial charge < -0.3 is 15.0 Å². The number of nitrogens with zero attached hydrogens (tertiary/aromatic N) is 1. The van der Waals surface area contributed by atoms with Crippen molar-refractivity contribution in [3.63, 3.8) is 0 Å². The van der Waals surface area contributed by atoms with E-state index in [1.807, 2.05) is 42.5 Å². The lowest BCUT2D eigenvalue weighted by molar-refractivity contribution is -0.126. The number of methoxy groups -OCH3 is 1. The predicted octanol–water partition coefficient (Wildman–Crippen LogP) is 3.45. The van der Waals surface area contributed by atoms with E-state index < -0.39 is 6.04 Å². The van der Waals surface area contributed by atoms with Crippen molar-refractivity contribution in [3.05, 3.63) is 65.2 Å². The first-order valence-electron chi connectivity index (χ1n) is 9.50. The van der Waals surface area contributed by atoms with Gasteiger partial charge in [-0.2, -0.15) is 0 Å². The maximum atomic E-state index is 13.1. The van der Waals surface area contributed by atoms with Crippen LogP contribution in [0.1, 0.15) is 53.2 Å². The average Bonchev–Trinajstić information content (AvgIpc) is 3.29. The number of ether oxygens (including phenoxy) is 1. The van der Waals surface area contributed by atoms with E-state index in [1.165, 1.54) is 0 Å². The smallest absolute Gasteiger partial charge is 0.255 e. The Labute approximate surface area is 159 Å². The molecule has 2 aliphatic rings. The molecule has 27 heavy (non-hydrogen) atoms. The van der Waals surface area contributed by atoms with Crippen LogP contribution in [-0.2, 0) is 11.3 Å². The van der Waals surface area contributed by atoms with Crippen LogP contribution in [0.3, 0.4) is 0 Å². The third-order valence-electron chi connectivity index (χ3n) is 5.50. The Morgan fingerprint density at radius 3 is 2.70 bits per heavy atom. The molecule has 2 aromatic rings. The van der Waals surface area contributed by atoms with Crippen LogP contribution in [0, 0.1) is 0 Å². The third-order valence-corrected chi connectivity index (χ3v) is 5.50. The zero-order valence-corrected chi connectivity index (χ0v) is 15.5. The fourth-order valence-corrected chi connectivity index (χ4v) is 4.13. The fraction of sp³-hybridized carbons (Fsp3) is 0.364. The molecule has 0 saturated heterocycles. The van der Waals surface area contributed by atoms with Crippen molar-refractivity contribution in [3.8, 4) is 5.75 Å². The van der Waals surface area contributed by atoms with Gasteiger partial charge in [0.05, 0.1) is 7.11 Å². The van der Waals surface area contributed by atoms with Gasteiger partial charge in [-0.3, -0.25) is 9.59 Å². The van der Waals surface area contributed by atoms with Crippen molar-refractivity contribution in [2.45, 2.75) is 44.3 Å². The molecule has 1 N–H and O–H groups in total. The third kappa shape index (κ3) is 3.42. The Kier molecular flexibility index (Phi) is 4.84. The second-order valence-corrected chi connectivity index (χ2v) is 7.26. The summed E-state index contributed by atoms with van der Waals surface area (Å²) in [4.78, 5) is 27.8. The van der Waals surface area contributed by atoms with Gasteiger partial charge in [-0.05, 0) is 42.2 Å². The molecule has 2 amide bonds. The molecule has 1 aliphatic carbocycles. The van der Waals surface area contributed by atoms with Crippen molar-refractivity contribution in [2.24, 2.45) is 0 Å². The number of benzene rings is 2. The van der Waals surface area contributed by atoms with E-state index in [-0.39, 0.29) is 17.9 Å². The summed E-state index contributed by atoms with van der Waals surface area (Å²) < 4.78 is 5.29. The second kappa shape index (κ2) is 7.43. The SMILES string of the molecule is COc1cccc(CN2C(=O)c3ccccc3C2C(=O)NC2CCCC2)c1. The lowest BCUT2D eigenvalue weighted by Crippen LogP contribution is -2.42. The van der Waals surface area contributed by atoms with E-state index >= 15 is 0 Å². The van der Waals surface area contributed by atoms with Gasteiger partial charge >= 0.3 is 0 Å². The molecule has 1 fully saturated rings. The van der Waals surface area contributed by atoms with Crippen LogP contribution in [0.2, 0.25) is 0 Å². The minimum absolute atomic E-state index is 0.0805.